The third kappa shape index (κ3) is 8.91. The Kier molecular flexibility index (Phi) is 11.4. The fourth-order valence-electron chi connectivity index (χ4n) is 6.25. The molecule has 4 rings (SSSR count). The minimum Gasteiger partial charge on any atom is -0.357 e. The summed E-state index contributed by atoms with van der Waals surface area (Å²) >= 11 is 0. The van der Waals surface area contributed by atoms with Crippen LogP contribution in [0.25, 0.3) is 10.9 Å². The van der Waals surface area contributed by atoms with Gasteiger partial charge in [-0.3, -0.25) is 9.88 Å². The molecule has 1 aliphatic rings. The minimum absolute atomic E-state index is 0.0557. The van der Waals surface area contributed by atoms with Crippen molar-refractivity contribution in [3.63, 3.8) is 0 Å². The number of halogens is 4. The average Bonchev–Trinajstić information content (AvgIpc) is 3.30. The molecule has 0 bridgehead atoms. The van der Waals surface area contributed by atoms with E-state index in [0.29, 0.717) is 12.1 Å². The zero-order valence-corrected chi connectivity index (χ0v) is 24.5. The lowest BCUT2D eigenvalue weighted by atomic mass is 9.94. The Morgan fingerprint density at radius 3 is 2.37 bits per heavy atom. The van der Waals surface area contributed by atoms with Gasteiger partial charge in [0.15, 0.2) is 0 Å². The molecule has 3 heterocycles. The summed E-state index contributed by atoms with van der Waals surface area (Å²) in [6.07, 6.45) is 12.8. The Morgan fingerprint density at radius 2 is 1.68 bits per heavy atom. The van der Waals surface area contributed by atoms with Crippen molar-refractivity contribution in [3.05, 3.63) is 77.0 Å². The quantitative estimate of drug-likeness (QED) is 0.105. The number of allylic oxidation sites excluding steroid dienone is 1. The van der Waals surface area contributed by atoms with E-state index in [1.807, 2.05) is 24.3 Å². The molecular weight excluding hydrogens is 526 g/mol. The number of nitrogens with zero attached hydrogens (tertiary/aromatic N) is 2. The molecule has 41 heavy (non-hydrogen) atoms. The van der Waals surface area contributed by atoms with Gasteiger partial charge in [0.25, 0.3) is 0 Å². The lowest BCUT2D eigenvalue weighted by Gasteiger charge is -2.36. The van der Waals surface area contributed by atoms with E-state index in [1.165, 1.54) is 74.3 Å². The van der Waals surface area contributed by atoms with E-state index in [-0.39, 0.29) is 12.2 Å². The maximum atomic E-state index is 15.5. The zero-order valence-electron chi connectivity index (χ0n) is 24.5. The van der Waals surface area contributed by atoms with Gasteiger partial charge < -0.3 is 4.98 Å². The molecule has 1 N–H and O–H groups in total. The van der Waals surface area contributed by atoms with E-state index >= 15 is 4.39 Å². The van der Waals surface area contributed by atoms with E-state index in [0.717, 1.165) is 47.7 Å². The van der Waals surface area contributed by atoms with Crippen molar-refractivity contribution >= 4 is 10.9 Å². The molecule has 7 heteroatoms. The summed E-state index contributed by atoms with van der Waals surface area (Å²) in [4.78, 5) is 9.01. The first-order valence-corrected chi connectivity index (χ1v) is 15.5. The number of aryl methyl sites for hydroxylation is 1. The molecule has 0 aliphatic carbocycles. The highest BCUT2D eigenvalue weighted by Crippen LogP contribution is 2.40. The molecule has 1 atom stereocenters. The molecule has 0 amide bonds. The van der Waals surface area contributed by atoms with Crippen LogP contribution < -0.4 is 0 Å². The highest BCUT2D eigenvalue weighted by atomic mass is 19.4. The van der Waals surface area contributed by atoms with Crippen LogP contribution in [0.5, 0.6) is 0 Å². The van der Waals surface area contributed by atoms with Crippen LogP contribution in [0.2, 0.25) is 0 Å². The number of aromatic amines is 1. The zero-order chi connectivity index (χ0) is 29.2. The summed E-state index contributed by atoms with van der Waals surface area (Å²) in [5, 5.41) is 0.977. The van der Waals surface area contributed by atoms with Gasteiger partial charge in [-0.1, -0.05) is 88.6 Å². The predicted molar refractivity (Wildman–Crippen MR) is 160 cm³/mol. The van der Waals surface area contributed by atoms with Crippen molar-refractivity contribution in [2.45, 2.75) is 109 Å². The Balaban J connectivity index is 1.28. The highest BCUT2D eigenvalue weighted by molar-refractivity contribution is 5.85. The van der Waals surface area contributed by atoms with Crippen LogP contribution in [0, 0.1) is 5.82 Å². The number of para-hydroxylation sites is 1. The van der Waals surface area contributed by atoms with Crippen molar-refractivity contribution in [3.8, 4) is 0 Å². The maximum Gasteiger partial charge on any atom is 0.401 e. The number of H-pyrrole nitrogens is 1. The number of alkyl halides is 3. The van der Waals surface area contributed by atoms with E-state index in [1.54, 1.807) is 6.20 Å². The Labute approximate surface area is 242 Å². The van der Waals surface area contributed by atoms with Crippen molar-refractivity contribution < 1.29 is 17.6 Å². The number of benzene rings is 1. The molecule has 0 spiro atoms. The third-order valence-corrected chi connectivity index (χ3v) is 8.30. The SMILES string of the molecule is C=C(CCC)CCCCCCCCCCCc1cnc(C2c3[nH]c4ccccc4c3CCN2CC(F)(F)F)c(F)c1. The summed E-state index contributed by atoms with van der Waals surface area (Å²) in [6.45, 7) is 5.42. The predicted octanol–water partition coefficient (Wildman–Crippen LogP) is 10.0. The van der Waals surface area contributed by atoms with Gasteiger partial charge in [-0.05, 0) is 61.8 Å². The molecule has 0 saturated carbocycles. The number of hydrogen-bond donors (Lipinski definition) is 1. The number of aromatic nitrogens is 2. The monoisotopic (exact) mass is 571 g/mol. The smallest absolute Gasteiger partial charge is 0.357 e. The third-order valence-electron chi connectivity index (χ3n) is 8.30. The second kappa shape index (κ2) is 15.0. The van der Waals surface area contributed by atoms with Gasteiger partial charge in [-0.25, -0.2) is 4.39 Å². The molecule has 224 valence electrons. The second-order valence-electron chi connectivity index (χ2n) is 11.7. The normalized spacial score (nSPS) is 15.9. The van der Waals surface area contributed by atoms with Crippen molar-refractivity contribution in [1.82, 2.24) is 14.9 Å². The lowest BCUT2D eigenvalue weighted by Crippen LogP contribution is -2.42. The van der Waals surface area contributed by atoms with Gasteiger partial charge in [0.1, 0.15) is 5.82 Å². The average molecular weight is 572 g/mol. The summed E-state index contributed by atoms with van der Waals surface area (Å²) < 4.78 is 55.9. The second-order valence-corrected chi connectivity index (χ2v) is 11.7. The fourth-order valence-corrected chi connectivity index (χ4v) is 6.25. The summed E-state index contributed by atoms with van der Waals surface area (Å²) in [5.74, 6) is -0.538. The number of unbranched alkanes of at least 4 members (excludes halogenated alkanes) is 8. The van der Waals surface area contributed by atoms with Crippen LogP contribution in [0.3, 0.4) is 0 Å². The number of hydrogen-bond acceptors (Lipinski definition) is 2. The highest BCUT2D eigenvalue weighted by Gasteiger charge is 2.40. The number of fused-ring (bicyclic) bond motifs is 3. The van der Waals surface area contributed by atoms with Crippen LogP contribution >= 0.6 is 0 Å². The topological polar surface area (TPSA) is 31.9 Å². The van der Waals surface area contributed by atoms with Gasteiger partial charge in [-0.15, -0.1) is 0 Å². The first-order chi connectivity index (χ1) is 19.8. The molecule has 0 fully saturated rings. The molecule has 0 radical (unpaired) electrons. The largest absolute Gasteiger partial charge is 0.401 e. The van der Waals surface area contributed by atoms with Crippen LogP contribution in [-0.4, -0.2) is 34.1 Å². The van der Waals surface area contributed by atoms with Crippen molar-refractivity contribution in [2.24, 2.45) is 0 Å². The molecule has 1 aromatic carbocycles. The first-order valence-electron chi connectivity index (χ1n) is 15.5. The van der Waals surface area contributed by atoms with E-state index in [2.05, 4.69) is 23.5 Å². The molecule has 1 unspecified atom stereocenters. The molecule has 3 aromatic rings. The Morgan fingerprint density at radius 1 is 1.00 bits per heavy atom. The lowest BCUT2D eigenvalue weighted by molar-refractivity contribution is -0.150. The van der Waals surface area contributed by atoms with Crippen LogP contribution in [0.15, 0.2) is 48.7 Å². The van der Waals surface area contributed by atoms with E-state index in [9.17, 15) is 13.2 Å². The van der Waals surface area contributed by atoms with E-state index < -0.39 is 24.6 Å². The van der Waals surface area contributed by atoms with Crippen molar-refractivity contribution in [1.29, 1.82) is 0 Å². The maximum absolute atomic E-state index is 15.5. The van der Waals surface area contributed by atoms with Crippen molar-refractivity contribution in [2.75, 3.05) is 13.1 Å². The number of nitrogens with one attached hydrogen (secondary N) is 1. The molecular formula is C34H45F4N3. The summed E-state index contributed by atoms with van der Waals surface area (Å²) in [7, 11) is 0. The molecule has 1 aliphatic heterocycles. The molecule has 2 aromatic heterocycles. The van der Waals surface area contributed by atoms with Gasteiger partial charge >= 0.3 is 6.18 Å². The van der Waals surface area contributed by atoms with Gasteiger partial charge in [0.2, 0.25) is 0 Å². The number of rotatable bonds is 16. The van der Waals surface area contributed by atoms with Gasteiger partial charge in [-0.2, -0.15) is 13.2 Å². The molecule has 3 nitrogen and oxygen atoms in total. The Hall–Kier alpha value is -2.67. The first kappa shape index (κ1) is 31.3. The van der Waals surface area contributed by atoms with Crippen LogP contribution in [-0.2, 0) is 12.8 Å². The fraction of sp³-hybridized carbons (Fsp3) is 0.559. The van der Waals surface area contributed by atoms with Crippen LogP contribution in [0.1, 0.15) is 113 Å². The molecule has 0 saturated heterocycles. The summed E-state index contributed by atoms with van der Waals surface area (Å²) in [6, 6.07) is 8.22. The number of pyridine rings is 1. The minimum atomic E-state index is -4.39. The van der Waals surface area contributed by atoms with Gasteiger partial charge in [0.05, 0.1) is 18.3 Å². The van der Waals surface area contributed by atoms with Gasteiger partial charge in [0, 0.05) is 29.3 Å². The van der Waals surface area contributed by atoms with Crippen LogP contribution in [0.4, 0.5) is 17.6 Å². The standard InChI is InChI=1S/C34H45F4N3/c1-3-15-25(2)16-11-9-7-5-4-6-8-10-12-17-26-22-29(35)32(39-23-26)33-31-28(20-21-41(33)24-34(36,37)38)27-18-13-14-19-30(27)40-31/h13-14,18-19,22-23,33,40H,2-12,15-17,20-21,24H2,1H3. The Bertz CT molecular complexity index is 1260. The van der Waals surface area contributed by atoms with E-state index in [4.69, 9.17) is 0 Å². The summed E-state index contributed by atoms with van der Waals surface area (Å²) in [5.41, 5.74) is 4.65.